The Morgan fingerprint density at radius 2 is 1.77 bits per heavy atom. The van der Waals surface area contributed by atoms with Gasteiger partial charge in [0.1, 0.15) is 0 Å². The molecule has 1 N–H and O–H groups in total. The van der Waals surface area contributed by atoms with Crippen LogP contribution in [0.3, 0.4) is 0 Å². The number of para-hydroxylation sites is 1. The fourth-order valence-corrected chi connectivity index (χ4v) is 3.17. The van der Waals surface area contributed by atoms with Gasteiger partial charge in [-0.15, -0.1) is 0 Å². The van der Waals surface area contributed by atoms with Crippen LogP contribution in [-0.2, 0) is 24.8 Å². The van der Waals surface area contributed by atoms with Gasteiger partial charge in [-0.2, -0.15) is 0 Å². The molecule has 0 saturated heterocycles. The molecule has 0 bridgehead atoms. The predicted octanol–water partition coefficient (Wildman–Crippen LogP) is -0.212. The maximum Gasteiger partial charge on any atom is 0.340 e. The monoisotopic (exact) mass is 350 g/mol. The number of sulfonamides is 2. The molecule has 0 saturated carbocycles. The molecule has 0 aliphatic heterocycles. The number of benzene rings is 1. The van der Waals surface area contributed by atoms with Crippen molar-refractivity contribution in [3.63, 3.8) is 0 Å². The molecular formula is C12H18N2O6S2. The van der Waals surface area contributed by atoms with E-state index in [-0.39, 0.29) is 24.3 Å². The van der Waals surface area contributed by atoms with Crippen LogP contribution in [0.1, 0.15) is 10.4 Å². The number of anilines is 1. The molecule has 0 amide bonds. The van der Waals surface area contributed by atoms with E-state index in [1.807, 2.05) is 0 Å². The average molecular weight is 350 g/mol. The van der Waals surface area contributed by atoms with Crippen molar-refractivity contribution < 1.29 is 26.4 Å². The summed E-state index contributed by atoms with van der Waals surface area (Å²) in [7, 11) is -5.96. The van der Waals surface area contributed by atoms with Gasteiger partial charge in [0, 0.05) is 13.1 Å². The van der Waals surface area contributed by atoms with E-state index in [1.54, 1.807) is 12.1 Å². The third kappa shape index (κ3) is 5.28. The van der Waals surface area contributed by atoms with Crippen molar-refractivity contribution >= 4 is 31.7 Å². The molecule has 1 rings (SSSR count). The summed E-state index contributed by atoms with van der Waals surface area (Å²) in [6.45, 7) is -0.276. The number of hydrogen-bond donors (Lipinski definition) is 1. The molecule has 0 heterocycles. The minimum atomic E-state index is -3.71. The van der Waals surface area contributed by atoms with Crippen molar-refractivity contribution in [2.24, 2.45) is 0 Å². The highest BCUT2D eigenvalue weighted by Gasteiger charge is 2.23. The number of carbonyl (C=O) groups is 1. The van der Waals surface area contributed by atoms with E-state index >= 15 is 0 Å². The number of nitrogens with one attached hydrogen (secondary N) is 1. The van der Waals surface area contributed by atoms with Gasteiger partial charge in [0.2, 0.25) is 20.0 Å². The number of carbonyl (C=O) groups excluding carboxylic acids is 1. The lowest BCUT2D eigenvalue weighted by Gasteiger charge is -2.24. The van der Waals surface area contributed by atoms with Gasteiger partial charge < -0.3 is 4.74 Å². The van der Waals surface area contributed by atoms with E-state index in [0.29, 0.717) is 0 Å². The lowest BCUT2D eigenvalue weighted by Crippen LogP contribution is -2.38. The van der Waals surface area contributed by atoms with Crippen molar-refractivity contribution in [2.45, 2.75) is 0 Å². The predicted molar refractivity (Wildman–Crippen MR) is 82.8 cm³/mol. The number of ether oxygens (including phenoxy) is 1. The first-order valence-corrected chi connectivity index (χ1v) is 9.90. The molecule has 124 valence electrons. The summed E-state index contributed by atoms with van der Waals surface area (Å²) in [6, 6.07) is 6.03. The van der Waals surface area contributed by atoms with E-state index in [1.165, 1.54) is 19.2 Å². The molecule has 0 unspecified atom stereocenters. The molecule has 1 aromatic rings. The maximum absolute atomic E-state index is 11.9. The summed E-state index contributed by atoms with van der Waals surface area (Å²) in [5.74, 6) is -0.680. The molecule has 22 heavy (non-hydrogen) atoms. The van der Waals surface area contributed by atoms with Gasteiger partial charge in [0.15, 0.2) is 0 Å². The third-order valence-electron chi connectivity index (χ3n) is 2.66. The third-order valence-corrected chi connectivity index (χ3v) is 4.57. The number of methoxy groups -OCH3 is 1. The van der Waals surface area contributed by atoms with Crippen LogP contribution in [0.5, 0.6) is 0 Å². The molecule has 0 fully saturated rings. The molecule has 8 nitrogen and oxygen atoms in total. The van der Waals surface area contributed by atoms with Gasteiger partial charge in [0.25, 0.3) is 0 Å². The lowest BCUT2D eigenvalue weighted by atomic mass is 10.2. The standard InChI is InChI=1S/C12H18N2O6S2/c1-20-12(15)10-6-4-5-7-11(10)14(22(3,18)19)9-8-13-21(2,16)17/h4-7,13H,8-9H2,1-3H3. The van der Waals surface area contributed by atoms with Gasteiger partial charge in [-0.25, -0.2) is 26.4 Å². The maximum atomic E-state index is 11.9. The summed E-state index contributed by atoms with van der Waals surface area (Å²) < 4.78 is 53.8. The van der Waals surface area contributed by atoms with Gasteiger partial charge in [-0.1, -0.05) is 12.1 Å². The first-order valence-electron chi connectivity index (χ1n) is 6.16. The lowest BCUT2D eigenvalue weighted by molar-refractivity contribution is 0.0601. The van der Waals surface area contributed by atoms with E-state index in [0.717, 1.165) is 16.8 Å². The zero-order chi connectivity index (χ0) is 17.0. The summed E-state index contributed by atoms with van der Waals surface area (Å²) >= 11 is 0. The Balaban J connectivity index is 3.17. The Labute approximate surface area is 130 Å². The van der Waals surface area contributed by atoms with Gasteiger partial charge in [-0.05, 0) is 12.1 Å². The quantitative estimate of drug-likeness (QED) is 0.681. The second-order valence-electron chi connectivity index (χ2n) is 4.51. The van der Waals surface area contributed by atoms with E-state index in [9.17, 15) is 21.6 Å². The van der Waals surface area contributed by atoms with Crippen LogP contribution in [-0.4, -0.2) is 55.5 Å². The molecule has 0 atom stereocenters. The zero-order valence-electron chi connectivity index (χ0n) is 12.4. The molecule has 0 aliphatic carbocycles. The largest absolute Gasteiger partial charge is 0.465 e. The van der Waals surface area contributed by atoms with E-state index in [2.05, 4.69) is 9.46 Å². The van der Waals surface area contributed by atoms with Crippen molar-refractivity contribution in [3.8, 4) is 0 Å². The highest BCUT2D eigenvalue weighted by molar-refractivity contribution is 7.92. The molecule has 0 aliphatic rings. The van der Waals surface area contributed by atoms with Gasteiger partial charge in [-0.3, -0.25) is 4.31 Å². The Morgan fingerprint density at radius 3 is 2.27 bits per heavy atom. The minimum absolute atomic E-state index is 0.0785. The molecule has 1 aromatic carbocycles. The molecular weight excluding hydrogens is 332 g/mol. The molecule has 10 heteroatoms. The molecule has 0 spiro atoms. The summed E-state index contributed by atoms with van der Waals surface area (Å²) in [5, 5.41) is 0. The Hall–Kier alpha value is -1.65. The van der Waals surface area contributed by atoms with Crippen LogP contribution in [0.2, 0.25) is 0 Å². The van der Waals surface area contributed by atoms with Crippen LogP contribution < -0.4 is 9.03 Å². The van der Waals surface area contributed by atoms with Crippen LogP contribution in [0.15, 0.2) is 24.3 Å². The molecule has 0 radical (unpaired) electrons. The normalized spacial score (nSPS) is 12.0. The smallest absolute Gasteiger partial charge is 0.340 e. The fraction of sp³-hybridized carbons (Fsp3) is 0.417. The highest BCUT2D eigenvalue weighted by Crippen LogP contribution is 2.23. The first-order chi connectivity index (χ1) is 10.1. The van der Waals surface area contributed by atoms with Crippen LogP contribution in [0, 0.1) is 0 Å². The number of nitrogens with zero attached hydrogens (tertiary/aromatic N) is 1. The van der Waals surface area contributed by atoms with E-state index in [4.69, 9.17) is 0 Å². The second kappa shape index (κ2) is 7.07. The Morgan fingerprint density at radius 1 is 1.18 bits per heavy atom. The summed E-state index contributed by atoms with van der Waals surface area (Å²) in [5.41, 5.74) is 0.210. The number of esters is 1. The first kappa shape index (κ1) is 18.4. The van der Waals surface area contributed by atoms with Crippen molar-refractivity contribution in [1.29, 1.82) is 0 Å². The Kier molecular flexibility index (Phi) is 5.92. The van der Waals surface area contributed by atoms with Crippen LogP contribution in [0.4, 0.5) is 5.69 Å². The zero-order valence-corrected chi connectivity index (χ0v) is 14.1. The minimum Gasteiger partial charge on any atom is -0.465 e. The fourth-order valence-electron chi connectivity index (χ4n) is 1.77. The van der Waals surface area contributed by atoms with Crippen LogP contribution in [0.25, 0.3) is 0 Å². The van der Waals surface area contributed by atoms with Crippen molar-refractivity contribution in [1.82, 2.24) is 4.72 Å². The second-order valence-corrected chi connectivity index (χ2v) is 8.25. The van der Waals surface area contributed by atoms with Crippen molar-refractivity contribution in [2.75, 3.05) is 37.0 Å². The highest BCUT2D eigenvalue weighted by atomic mass is 32.2. The van der Waals surface area contributed by atoms with E-state index < -0.39 is 26.0 Å². The number of rotatable bonds is 7. The van der Waals surface area contributed by atoms with Gasteiger partial charge in [0.05, 0.1) is 30.9 Å². The summed E-state index contributed by atoms with van der Waals surface area (Å²) in [4.78, 5) is 11.7. The van der Waals surface area contributed by atoms with Crippen LogP contribution >= 0.6 is 0 Å². The average Bonchev–Trinajstić information content (AvgIpc) is 2.40. The SMILES string of the molecule is COC(=O)c1ccccc1N(CCNS(C)(=O)=O)S(C)(=O)=O. The van der Waals surface area contributed by atoms with Crippen molar-refractivity contribution in [3.05, 3.63) is 29.8 Å². The topological polar surface area (TPSA) is 110 Å². The van der Waals surface area contributed by atoms with Gasteiger partial charge >= 0.3 is 5.97 Å². The number of hydrogen-bond acceptors (Lipinski definition) is 6. The molecule has 0 aromatic heterocycles. The Bertz CT molecular complexity index is 743. The summed E-state index contributed by atoms with van der Waals surface area (Å²) in [6.07, 6.45) is 1.95.